The Kier molecular flexibility index (Phi) is 2.59. The zero-order valence-corrected chi connectivity index (χ0v) is 12.2. The van der Waals surface area contributed by atoms with Gasteiger partial charge >= 0.3 is 5.69 Å². The number of aryl methyl sites for hydroxylation is 2. The molecule has 3 heterocycles. The first-order valence-corrected chi connectivity index (χ1v) is 6.94. The Morgan fingerprint density at radius 1 is 1.18 bits per heavy atom. The van der Waals surface area contributed by atoms with Crippen LogP contribution in [0.2, 0.25) is 0 Å². The van der Waals surface area contributed by atoms with Crippen LogP contribution in [0.4, 0.5) is 0 Å². The van der Waals surface area contributed by atoms with E-state index in [9.17, 15) is 4.79 Å². The first kappa shape index (κ1) is 12.7. The van der Waals surface area contributed by atoms with E-state index in [1.54, 1.807) is 13.1 Å². The first-order valence-electron chi connectivity index (χ1n) is 6.94. The van der Waals surface area contributed by atoms with Crippen LogP contribution in [0, 0.1) is 13.8 Å². The van der Waals surface area contributed by atoms with Gasteiger partial charge < -0.3 is 4.98 Å². The van der Waals surface area contributed by atoms with Crippen LogP contribution in [0.15, 0.2) is 41.5 Å². The van der Waals surface area contributed by atoms with Crippen molar-refractivity contribution < 1.29 is 0 Å². The van der Waals surface area contributed by atoms with Crippen molar-refractivity contribution in [1.29, 1.82) is 0 Å². The summed E-state index contributed by atoms with van der Waals surface area (Å²) in [6.45, 7) is 3.80. The Hall–Kier alpha value is -3.02. The van der Waals surface area contributed by atoms with Crippen molar-refractivity contribution in [2.45, 2.75) is 13.8 Å². The van der Waals surface area contributed by atoms with Crippen LogP contribution in [0.1, 0.15) is 11.4 Å². The van der Waals surface area contributed by atoms with Gasteiger partial charge in [-0.25, -0.2) is 9.78 Å². The fourth-order valence-electron chi connectivity index (χ4n) is 2.70. The fraction of sp³-hybridized carbons (Fsp3) is 0.125. The number of rotatable bonds is 1. The molecule has 6 nitrogen and oxygen atoms in total. The standard InChI is InChI=1S/C16H13N5O/c1-9-8-17-6-5-12(9)11-3-4-14-13(7-11)15-18-10(2)20-21(15)16(22)19-14/h3-8H,1-2H3,(H,19,22). The highest BCUT2D eigenvalue weighted by molar-refractivity contribution is 5.94. The number of H-pyrrole nitrogens is 1. The van der Waals surface area contributed by atoms with Crippen LogP contribution in [0.25, 0.3) is 27.7 Å². The average molecular weight is 291 g/mol. The second kappa shape index (κ2) is 4.49. The third-order valence-corrected chi connectivity index (χ3v) is 3.74. The first-order chi connectivity index (χ1) is 10.6. The highest BCUT2D eigenvalue weighted by Crippen LogP contribution is 2.26. The quantitative estimate of drug-likeness (QED) is 0.583. The Balaban J connectivity index is 2.09. The van der Waals surface area contributed by atoms with Gasteiger partial charge in [0.1, 0.15) is 5.82 Å². The molecule has 3 aromatic heterocycles. The van der Waals surface area contributed by atoms with Gasteiger partial charge in [0.15, 0.2) is 5.65 Å². The molecule has 0 saturated heterocycles. The zero-order valence-electron chi connectivity index (χ0n) is 12.2. The number of aromatic amines is 1. The van der Waals surface area contributed by atoms with Gasteiger partial charge in [0.05, 0.1) is 5.52 Å². The second-order valence-electron chi connectivity index (χ2n) is 5.28. The smallest absolute Gasteiger partial charge is 0.305 e. The summed E-state index contributed by atoms with van der Waals surface area (Å²) >= 11 is 0. The normalized spacial score (nSPS) is 11.4. The summed E-state index contributed by atoms with van der Waals surface area (Å²) in [5, 5.41) is 5.00. The van der Waals surface area contributed by atoms with Gasteiger partial charge in [0.25, 0.3) is 0 Å². The average Bonchev–Trinajstić information content (AvgIpc) is 2.90. The molecular formula is C16H13N5O. The van der Waals surface area contributed by atoms with Crippen LogP contribution in [-0.2, 0) is 0 Å². The van der Waals surface area contributed by atoms with Crippen LogP contribution in [0.3, 0.4) is 0 Å². The molecule has 22 heavy (non-hydrogen) atoms. The topological polar surface area (TPSA) is 75.9 Å². The summed E-state index contributed by atoms with van der Waals surface area (Å²) in [7, 11) is 0. The predicted octanol–water partition coefficient (Wildman–Crippen LogP) is 2.25. The molecule has 6 heteroatoms. The Bertz CT molecular complexity index is 1080. The summed E-state index contributed by atoms with van der Waals surface area (Å²) in [5.41, 5.74) is 4.31. The summed E-state index contributed by atoms with van der Waals surface area (Å²) in [6.07, 6.45) is 3.61. The summed E-state index contributed by atoms with van der Waals surface area (Å²) in [4.78, 5) is 23.3. The summed E-state index contributed by atoms with van der Waals surface area (Å²) < 4.78 is 1.31. The summed E-state index contributed by atoms with van der Waals surface area (Å²) in [5.74, 6) is 0.573. The number of pyridine rings is 1. The van der Waals surface area contributed by atoms with Crippen molar-refractivity contribution >= 4 is 16.6 Å². The van der Waals surface area contributed by atoms with Gasteiger partial charge in [-0.1, -0.05) is 6.07 Å². The maximum absolute atomic E-state index is 12.0. The van der Waals surface area contributed by atoms with Gasteiger partial charge in [0, 0.05) is 17.8 Å². The number of hydrogen-bond acceptors (Lipinski definition) is 4. The highest BCUT2D eigenvalue weighted by Gasteiger charge is 2.10. The SMILES string of the molecule is Cc1nc2c3cc(-c4ccncc4C)ccc3[nH]c(=O)n2n1. The molecule has 0 spiro atoms. The van der Waals surface area contributed by atoms with Gasteiger partial charge in [-0.3, -0.25) is 4.98 Å². The lowest BCUT2D eigenvalue weighted by Gasteiger charge is -2.07. The van der Waals surface area contributed by atoms with Gasteiger partial charge in [0.2, 0.25) is 0 Å². The molecule has 0 unspecified atom stereocenters. The fourth-order valence-corrected chi connectivity index (χ4v) is 2.70. The molecule has 0 radical (unpaired) electrons. The molecule has 0 fully saturated rings. The van der Waals surface area contributed by atoms with Gasteiger partial charge in [-0.15, -0.1) is 5.10 Å². The van der Waals surface area contributed by atoms with E-state index in [0.29, 0.717) is 11.5 Å². The van der Waals surface area contributed by atoms with Crippen LogP contribution >= 0.6 is 0 Å². The maximum atomic E-state index is 12.0. The van der Waals surface area contributed by atoms with E-state index in [1.807, 2.05) is 37.4 Å². The number of hydrogen-bond donors (Lipinski definition) is 1. The number of aromatic nitrogens is 5. The van der Waals surface area contributed by atoms with E-state index in [1.165, 1.54) is 4.52 Å². The van der Waals surface area contributed by atoms with Crippen LogP contribution in [0.5, 0.6) is 0 Å². The largest absolute Gasteiger partial charge is 0.348 e. The lowest BCUT2D eigenvalue weighted by atomic mass is 10.0. The molecule has 108 valence electrons. The molecule has 0 aliphatic heterocycles. The third-order valence-electron chi connectivity index (χ3n) is 3.74. The number of nitrogens with one attached hydrogen (secondary N) is 1. The lowest BCUT2D eigenvalue weighted by molar-refractivity contribution is 0.863. The molecule has 0 amide bonds. The minimum absolute atomic E-state index is 0.282. The molecule has 0 aliphatic rings. The van der Waals surface area contributed by atoms with E-state index in [0.717, 1.165) is 27.6 Å². The van der Waals surface area contributed by atoms with Crippen molar-refractivity contribution in [3.8, 4) is 11.1 Å². The minimum atomic E-state index is -0.282. The molecule has 1 N–H and O–H groups in total. The van der Waals surface area contributed by atoms with E-state index < -0.39 is 0 Å². The van der Waals surface area contributed by atoms with E-state index in [2.05, 4.69) is 20.1 Å². The number of fused-ring (bicyclic) bond motifs is 3. The Morgan fingerprint density at radius 3 is 2.86 bits per heavy atom. The molecule has 4 aromatic rings. The predicted molar refractivity (Wildman–Crippen MR) is 83.8 cm³/mol. The van der Waals surface area contributed by atoms with Crippen molar-refractivity contribution in [3.63, 3.8) is 0 Å². The highest BCUT2D eigenvalue weighted by atomic mass is 16.1. The van der Waals surface area contributed by atoms with Crippen molar-refractivity contribution in [1.82, 2.24) is 24.6 Å². The monoisotopic (exact) mass is 291 g/mol. The zero-order chi connectivity index (χ0) is 15.3. The van der Waals surface area contributed by atoms with E-state index in [4.69, 9.17) is 0 Å². The number of nitrogens with zero attached hydrogens (tertiary/aromatic N) is 4. The van der Waals surface area contributed by atoms with E-state index >= 15 is 0 Å². The van der Waals surface area contributed by atoms with Crippen molar-refractivity contribution in [2.24, 2.45) is 0 Å². The minimum Gasteiger partial charge on any atom is -0.305 e. The van der Waals surface area contributed by atoms with Crippen LogP contribution in [-0.4, -0.2) is 24.6 Å². The summed E-state index contributed by atoms with van der Waals surface area (Å²) in [6, 6.07) is 7.89. The Labute approximate surface area is 125 Å². The molecule has 4 rings (SSSR count). The van der Waals surface area contributed by atoms with Crippen molar-refractivity contribution in [3.05, 3.63) is 58.5 Å². The molecular weight excluding hydrogens is 278 g/mol. The Morgan fingerprint density at radius 2 is 2.05 bits per heavy atom. The van der Waals surface area contributed by atoms with Gasteiger partial charge in [-0.2, -0.15) is 4.52 Å². The number of benzene rings is 1. The van der Waals surface area contributed by atoms with Gasteiger partial charge in [-0.05, 0) is 48.7 Å². The molecule has 0 atom stereocenters. The maximum Gasteiger partial charge on any atom is 0.348 e. The second-order valence-corrected chi connectivity index (χ2v) is 5.28. The van der Waals surface area contributed by atoms with E-state index in [-0.39, 0.29) is 5.69 Å². The third kappa shape index (κ3) is 1.81. The van der Waals surface area contributed by atoms with Crippen LogP contribution < -0.4 is 5.69 Å². The molecule has 0 aliphatic carbocycles. The molecule has 0 bridgehead atoms. The molecule has 1 aromatic carbocycles. The molecule has 0 saturated carbocycles. The van der Waals surface area contributed by atoms with Crippen molar-refractivity contribution in [2.75, 3.05) is 0 Å². The lowest BCUT2D eigenvalue weighted by Crippen LogP contribution is -2.17.